The van der Waals surface area contributed by atoms with Crippen molar-refractivity contribution in [2.75, 3.05) is 0 Å². The third-order valence-electron chi connectivity index (χ3n) is 1.02. The van der Waals surface area contributed by atoms with Crippen molar-refractivity contribution >= 4 is 5.82 Å². The van der Waals surface area contributed by atoms with Crippen molar-refractivity contribution in [2.45, 2.75) is 6.92 Å². The molecule has 0 fully saturated rings. The number of aromatic nitrogens is 1. The van der Waals surface area contributed by atoms with Crippen LogP contribution in [0.25, 0.3) is 4.85 Å². The second kappa shape index (κ2) is 2.44. The highest BCUT2D eigenvalue weighted by molar-refractivity contribution is 5.36. The predicted octanol–water partition coefficient (Wildman–Crippen LogP) is 2.08. The largest absolute Gasteiger partial charge is 0.361 e. The van der Waals surface area contributed by atoms with Crippen LogP contribution in [0.2, 0.25) is 0 Å². The zero-order chi connectivity index (χ0) is 7.56. The summed E-state index contributed by atoms with van der Waals surface area (Å²) < 4.78 is 12.4. The summed E-state index contributed by atoms with van der Waals surface area (Å²) in [5, 5.41) is 0. The molecule has 0 atom stereocenters. The van der Waals surface area contributed by atoms with Gasteiger partial charge in [0.25, 0.3) is 5.82 Å². The number of rotatable bonds is 0. The minimum Gasteiger partial charge on any atom is -0.361 e. The monoisotopic (exact) mass is 136 g/mol. The van der Waals surface area contributed by atoms with Crippen molar-refractivity contribution in [1.29, 1.82) is 0 Å². The quantitative estimate of drug-likeness (QED) is 0.499. The molecule has 1 rings (SSSR count). The van der Waals surface area contributed by atoms with Crippen LogP contribution in [-0.4, -0.2) is 4.98 Å². The smallest absolute Gasteiger partial charge is 0.272 e. The molecule has 2 nitrogen and oxygen atoms in total. The lowest BCUT2D eigenvalue weighted by Crippen LogP contribution is -1.81. The Morgan fingerprint density at radius 2 is 2.30 bits per heavy atom. The molecule has 1 aromatic heterocycles. The summed E-state index contributed by atoms with van der Waals surface area (Å²) in [6.07, 6.45) is 0. The third kappa shape index (κ3) is 1.29. The molecule has 1 aromatic rings. The number of hydrogen-bond donors (Lipinski definition) is 0. The zero-order valence-electron chi connectivity index (χ0n) is 5.43. The van der Waals surface area contributed by atoms with E-state index in [0.29, 0.717) is 5.69 Å². The molecule has 0 saturated carbocycles. The topological polar surface area (TPSA) is 17.2 Å². The van der Waals surface area contributed by atoms with Crippen molar-refractivity contribution in [2.24, 2.45) is 0 Å². The molecule has 0 unspecified atom stereocenters. The van der Waals surface area contributed by atoms with E-state index in [4.69, 9.17) is 6.57 Å². The molecule has 0 amide bonds. The van der Waals surface area contributed by atoms with Gasteiger partial charge in [-0.05, 0) is 6.07 Å². The molecule has 1 heterocycles. The van der Waals surface area contributed by atoms with Crippen LogP contribution in [0.5, 0.6) is 0 Å². The molecule has 3 heteroatoms. The molecule has 10 heavy (non-hydrogen) atoms. The van der Waals surface area contributed by atoms with Crippen LogP contribution in [0.4, 0.5) is 10.2 Å². The van der Waals surface area contributed by atoms with Crippen LogP contribution >= 0.6 is 0 Å². The Hall–Kier alpha value is -1.43. The van der Waals surface area contributed by atoms with E-state index in [1.165, 1.54) is 6.07 Å². The molecular weight excluding hydrogens is 131 g/mol. The zero-order valence-corrected chi connectivity index (χ0v) is 5.43. The lowest BCUT2D eigenvalue weighted by molar-refractivity contribution is 0.625. The van der Waals surface area contributed by atoms with Gasteiger partial charge in [-0.3, -0.25) is 0 Å². The number of aryl methyl sites for hydroxylation is 1. The van der Waals surface area contributed by atoms with Crippen LogP contribution in [0.15, 0.2) is 12.1 Å². The Morgan fingerprint density at radius 3 is 2.80 bits per heavy atom. The van der Waals surface area contributed by atoms with Gasteiger partial charge in [0, 0.05) is 13.0 Å². The average Bonchev–Trinajstić information content (AvgIpc) is 1.85. The van der Waals surface area contributed by atoms with Crippen molar-refractivity contribution in [3.05, 3.63) is 35.1 Å². The highest BCUT2D eigenvalue weighted by atomic mass is 19.1. The van der Waals surface area contributed by atoms with Gasteiger partial charge < -0.3 is 4.85 Å². The van der Waals surface area contributed by atoms with E-state index in [-0.39, 0.29) is 5.82 Å². The van der Waals surface area contributed by atoms with Crippen molar-refractivity contribution in [3.63, 3.8) is 0 Å². The first-order valence-electron chi connectivity index (χ1n) is 2.74. The predicted molar refractivity (Wildman–Crippen MR) is 35.2 cm³/mol. The van der Waals surface area contributed by atoms with E-state index < -0.39 is 5.82 Å². The fraction of sp³-hybridized carbons (Fsp3) is 0.143. The average molecular weight is 136 g/mol. The summed E-state index contributed by atoms with van der Waals surface area (Å²) in [4.78, 5) is 6.75. The Labute approximate surface area is 58.1 Å². The fourth-order valence-electron chi connectivity index (χ4n) is 0.667. The van der Waals surface area contributed by atoms with E-state index in [1.54, 1.807) is 6.92 Å². The van der Waals surface area contributed by atoms with Gasteiger partial charge in [0.05, 0.1) is 0 Å². The van der Waals surface area contributed by atoms with Gasteiger partial charge in [-0.15, -0.1) is 4.98 Å². The van der Waals surface area contributed by atoms with Crippen LogP contribution in [0.3, 0.4) is 0 Å². The molecule has 0 aliphatic rings. The highest BCUT2D eigenvalue weighted by Gasteiger charge is 1.98. The normalized spacial score (nSPS) is 8.90. The van der Waals surface area contributed by atoms with E-state index in [1.807, 2.05) is 0 Å². The third-order valence-corrected chi connectivity index (χ3v) is 1.02. The molecule has 0 N–H and O–H groups in total. The number of hydrogen-bond acceptors (Lipinski definition) is 1. The minimum atomic E-state index is -0.404. The Kier molecular flexibility index (Phi) is 1.63. The van der Waals surface area contributed by atoms with Crippen molar-refractivity contribution in [1.82, 2.24) is 4.98 Å². The fourth-order valence-corrected chi connectivity index (χ4v) is 0.667. The SMILES string of the molecule is [C-]#[N+]c1cc(F)cc(C)n1. The molecule has 0 aliphatic heterocycles. The lowest BCUT2D eigenvalue weighted by Gasteiger charge is -1.89. The number of nitrogens with zero attached hydrogens (tertiary/aromatic N) is 2. The summed E-state index contributed by atoms with van der Waals surface area (Å²) in [6.45, 7) is 8.18. The van der Waals surface area contributed by atoms with Crippen LogP contribution < -0.4 is 0 Å². The molecular formula is C7H5FN2. The summed E-state index contributed by atoms with van der Waals surface area (Å²) in [6, 6.07) is 2.40. The minimum absolute atomic E-state index is 0.109. The number of pyridine rings is 1. The van der Waals surface area contributed by atoms with Gasteiger partial charge in [0.2, 0.25) is 0 Å². The highest BCUT2D eigenvalue weighted by Crippen LogP contribution is 2.10. The molecule has 0 saturated heterocycles. The lowest BCUT2D eigenvalue weighted by atomic mass is 10.3. The van der Waals surface area contributed by atoms with Crippen molar-refractivity contribution < 1.29 is 4.39 Å². The molecule has 0 bridgehead atoms. The molecule has 0 radical (unpaired) electrons. The summed E-state index contributed by atoms with van der Waals surface area (Å²) in [5.41, 5.74) is 0.533. The standard InChI is InChI=1S/C7H5FN2/c1-5-3-6(8)4-7(9-2)10-5/h3-4H,1H3. The molecule has 0 aromatic carbocycles. The van der Waals surface area contributed by atoms with Gasteiger partial charge >= 0.3 is 0 Å². The van der Waals surface area contributed by atoms with Gasteiger partial charge in [-0.25, -0.2) is 4.39 Å². The first kappa shape index (κ1) is 6.69. The van der Waals surface area contributed by atoms with Crippen LogP contribution in [0.1, 0.15) is 5.69 Å². The maximum absolute atomic E-state index is 12.4. The van der Waals surface area contributed by atoms with Gasteiger partial charge in [-0.1, -0.05) is 6.57 Å². The Morgan fingerprint density at radius 1 is 1.60 bits per heavy atom. The summed E-state index contributed by atoms with van der Waals surface area (Å²) in [7, 11) is 0. The number of halogens is 1. The second-order valence-electron chi connectivity index (χ2n) is 1.90. The maximum Gasteiger partial charge on any atom is 0.272 e. The van der Waals surface area contributed by atoms with E-state index in [0.717, 1.165) is 6.07 Å². The van der Waals surface area contributed by atoms with Crippen molar-refractivity contribution in [3.8, 4) is 0 Å². The van der Waals surface area contributed by atoms with E-state index >= 15 is 0 Å². The van der Waals surface area contributed by atoms with Gasteiger partial charge in [0.15, 0.2) is 0 Å². The van der Waals surface area contributed by atoms with E-state index in [9.17, 15) is 4.39 Å². The van der Waals surface area contributed by atoms with Crippen LogP contribution in [-0.2, 0) is 0 Å². The summed E-state index contributed by atoms with van der Waals surface area (Å²) >= 11 is 0. The molecule has 0 aliphatic carbocycles. The maximum atomic E-state index is 12.4. The molecule has 50 valence electrons. The Balaban J connectivity index is 3.22. The van der Waals surface area contributed by atoms with Crippen LogP contribution in [0, 0.1) is 19.3 Å². The van der Waals surface area contributed by atoms with E-state index in [2.05, 4.69) is 9.83 Å². The summed E-state index contributed by atoms with van der Waals surface area (Å²) in [5.74, 6) is -0.295. The molecule has 0 spiro atoms. The van der Waals surface area contributed by atoms with Gasteiger partial charge in [-0.2, -0.15) is 0 Å². The first-order valence-corrected chi connectivity index (χ1v) is 2.74. The second-order valence-corrected chi connectivity index (χ2v) is 1.90. The van der Waals surface area contributed by atoms with Gasteiger partial charge in [0.1, 0.15) is 11.5 Å². The first-order chi connectivity index (χ1) is 4.72. The Bertz CT molecular complexity index is 268.